The molecule has 13 heavy (non-hydrogen) atoms. The summed E-state index contributed by atoms with van der Waals surface area (Å²) in [7, 11) is 0. The number of nitrogens with one attached hydrogen (secondary N) is 1. The third-order valence-corrected chi connectivity index (χ3v) is 1.91. The predicted molar refractivity (Wildman–Crippen MR) is 50.9 cm³/mol. The smallest absolute Gasteiger partial charge is 0.407 e. The first kappa shape index (κ1) is 10.3. The molecule has 1 rings (SSSR count). The summed E-state index contributed by atoms with van der Waals surface area (Å²) in [6, 6.07) is 0. The van der Waals surface area contributed by atoms with Gasteiger partial charge in [-0.3, -0.25) is 0 Å². The van der Waals surface area contributed by atoms with E-state index in [2.05, 4.69) is 31.1 Å². The summed E-state index contributed by atoms with van der Waals surface area (Å²) in [5.74, 6) is 0. The summed E-state index contributed by atoms with van der Waals surface area (Å²) in [5, 5.41) is 6.25. The molecule has 1 unspecified atom stereocenters. The number of halogens is 1. The summed E-state index contributed by atoms with van der Waals surface area (Å²) < 4.78 is 5.44. The van der Waals surface area contributed by atoms with Crippen molar-refractivity contribution in [2.45, 2.75) is 19.4 Å². The van der Waals surface area contributed by atoms with Crippen LogP contribution in [-0.2, 0) is 9.57 Å². The van der Waals surface area contributed by atoms with E-state index >= 15 is 0 Å². The maximum absolute atomic E-state index is 10.8. The van der Waals surface area contributed by atoms with Crippen molar-refractivity contribution in [3.05, 3.63) is 0 Å². The van der Waals surface area contributed by atoms with E-state index in [0.29, 0.717) is 19.6 Å². The topological polar surface area (TPSA) is 59.9 Å². The first-order chi connectivity index (χ1) is 6.22. The zero-order valence-electron chi connectivity index (χ0n) is 7.25. The number of carbonyl (C=O) groups excluding carboxylic acids is 1. The Hall–Kier alpha value is -0.780. The molecule has 0 aromatic heterocycles. The Kier molecular flexibility index (Phi) is 4.01. The average Bonchev–Trinajstić information content (AvgIpc) is 2.49. The quantitative estimate of drug-likeness (QED) is 0.820. The third-order valence-electron chi connectivity index (χ3n) is 1.45. The van der Waals surface area contributed by atoms with Crippen molar-refractivity contribution in [2.75, 3.05) is 13.2 Å². The van der Waals surface area contributed by atoms with E-state index in [4.69, 9.17) is 4.84 Å². The number of oxime groups is 1. The van der Waals surface area contributed by atoms with Crippen LogP contribution in [-0.4, -0.2) is 30.0 Å². The molecule has 1 amide bonds. The standard InChI is InChI=1S/C7H11BrN2O3/c1-2-12-7(11)9-4-5-3-6(8)10-13-5/h5H,2-4H2,1H3,(H,9,11). The van der Waals surface area contributed by atoms with Crippen LogP contribution in [0.1, 0.15) is 13.3 Å². The lowest BCUT2D eigenvalue weighted by Crippen LogP contribution is -2.32. The summed E-state index contributed by atoms with van der Waals surface area (Å²) in [6.07, 6.45) is 0.180. The van der Waals surface area contributed by atoms with E-state index in [-0.39, 0.29) is 6.10 Å². The molecule has 0 aromatic rings. The van der Waals surface area contributed by atoms with Crippen LogP contribution < -0.4 is 5.32 Å². The predicted octanol–water partition coefficient (Wildman–Crippen LogP) is 1.23. The molecule has 0 saturated carbocycles. The lowest BCUT2D eigenvalue weighted by Gasteiger charge is -2.08. The largest absolute Gasteiger partial charge is 0.450 e. The summed E-state index contributed by atoms with van der Waals surface area (Å²) in [4.78, 5) is 15.8. The second-order valence-electron chi connectivity index (χ2n) is 2.50. The van der Waals surface area contributed by atoms with Crippen molar-refractivity contribution in [3.63, 3.8) is 0 Å². The Morgan fingerprint density at radius 3 is 3.23 bits per heavy atom. The Labute approximate surface area is 84.6 Å². The van der Waals surface area contributed by atoms with Crippen LogP contribution in [0.3, 0.4) is 0 Å². The lowest BCUT2D eigenvalue weighted by atomic mass is 10.3. The maximum Gasteiger partial charge on any atom is 0.407 e. The van der Waals surface area contributed by atoms with E-state index in [9.17, 15) is 4.79 Å². The zero-order chi connectivity index (χ0) is 9.68. The minimum absolute atomic E-state index is 0.0845. The van der Waals surface area contributed by atoms with Gasteiger partial charge in [0.25, 0.3) is 0 Å². The minimum atomic E-state index is -0.422. The van der Waals surface area contributed by atoms with Gasteiger partial charge in [0, 0.05) is 6.42 Å². The molecule has 1 heterocycles. The van der Waals surface area contributed by atoms with E-state index in [0.717, 1.165) is 4.62 Å². The van der Waals surface area contributed by atoms with Crippen LogP contribution in [0.2, 0.25) is 0 Å². The molecule has 0 saturated heterocycles. The van der Waals surface area contributed by atoms with Gasteiger partial charge in [0.05, 0.1) is 13.2 Å². The molecule has 0 fully saturated rings. The second kappa shape index (κ2) is 5.06. The molecule has 0 bridgehead atoms. The number of rotatable bonds is 3. The highest BCUT2D eigenvalue weighted by atomic mass is 79.9. The number of ether oxygens (including phenoxy) is 1. The van der Waals surface area contributed by atoms with Gasteiger partial charge in [-0.15, -0.1) is 0 Å². The van der Waals surface area contributed by atoms with Crippen LogP contribution in [0.5, 0.6) is 0 Å². The first-order valence-corrected chi connectivity index (χ1v) is 4.80. The Morgan fingerprint density at radius 1 is 1.92 bits per heavy atom. The van der Waals surface area contributed by atoms with Crippen molar-refractivity contribution in [1.82, 2.24) is 5.32 Å². The molecule has 1 aliphatic heterocycles. The Balaban J connectivity index is 2.10. The van der Waals surface area contributed by atoms with Crippen LogP contribution in [0, 0.1) is 0 Å². The molecule has 5 nitrogen and oxygen atoms in total. The first-order valence-electron chi connectivity index (χ1n) is 4.01. The number of hydrogen-bond donors (Lipinski definition) is 1. The van der Waals surface area contributed by atoms with E-state index < -0.39 is 6.09 Å². The molecule has 1 aliphatic rings. The van der Waals surface area contributed by atoms with Crippen LogP contribution in [0.25, 0.3) is 0 Å². The van der Waals surface area contributed by atoms with Gasteiger partial charge < -0.3 is 14.9 Å². The third kappa shape index (κ3) is 3.63. The molecule has 0 spiro atoms. The van der Waals surface area contributed by atoms with Crippen molar-refractivity contribution >= 4 is 26.6 Å². The van der Waals surface area contributed by atoms with Gasteiger partial charge in [0.1, 0.15) is 4.62 Å². The molecular formula is C7H11BrN2O3. The van der Waals surface area contributed by atoms with Crippen molar-refractivity contribution < 1.29 is 14.4 Å². The Bertz CT molecular complexity index is 220. The van der Waals surface area contributed by atoms with Gasteiger partial charge in [0.2, 0.25) is 0 Å². The number of amides is 1. The van der Waals surface area contributed by atoms with Crippen LogP contribution in [0.15, 0.2) is 5.16 Å². The van der Waals surface area contributed by atoms with Crippen molar-refractivity contribution in [1.29, 1.82) is 0 Å². The van der Waals surface area contributed by atoms with E-state index in [1.807, 2.05) is 0 Å². The zero-order valence-corrected chi connectivity index (χ0v) is 8.83. The average molecular weight is 251 g/mol. The van der Waals surface area contributed by atoms with Crippen LogP contribution in [0.4, 0.5) is 4.79 Å². The molecule has 0 aliphatic carbocycles. The monoisotopic (exact) mass is 250 g/mol. The molecule has 1 atom stereocenters. The van der Waals surface area contributed by atoms with Gasteiger partial charge in [0.15, 0.2) is 6.10 Å². The molecule has 6 heteroatoms. The van der Waals surface area contributed by atoms with Gasteiger partial charge in [-0.2, -0.15) is 0 Å². The van der Waals surface area contributed by atoms with Gasteiger partial charge in [-0.25, -0.2) is 4.79 Å². The molecule has 0 aromatic carbocycles. The molecule has 0 radical (unpaired) electrons. The number of alkyl carbamates (subject to hydrolysis) is 1. The summed E-state index contributed by atoms with van der Waals surface area (Å²) >= 11 is 3.20. The SMILES string of the molecule is CCOC(=O)NCC1CC(Br)=NO1. The number of carbonyl (C=O) groups is 1. The lowest BCUT2D eigenvalue weighted by molar-refractivity contribution is 0.0812. The van der Waals surface area contributed by atoms with E-state index in [1.165, 1.54) is 0 Å². The fraction of sp³-hybridized carbons (Fsp3) is 0.714. The van der Waals surface area contributed by atoms with Crippen LogP contribution >= 0.6 is 15.9 Å². The van der Waals surface area contributed by atoms with Gasteiger partial charge in [-0.05, 0) is 22.9 Å². The fourth-order valence-electron chi connectivity index (χ4n) is 0.883. The molecule has 1 N–H and O–H groups in total. The number of nitrogens with zero attached hydrogens (tertiary/aromatic N) is 1. The highest BCUT2D eigenvalue weighted by Gasteiger charge is 2.19. The highest BCUT2D eigenvalue weighted by molar-refractivity contribution is 9.18. The maximum atomic E-state index is 10.8. The Morgan fingerprint density at radius 2 is 2.69 bits per heavy atom. The minimum Gasteiger partial charge on any atom is -0.450 e. The normalized spacial score (nSPS) is 20.5. The number of hydrogen-bond acceptors (Lipinski definition) is 4. The summed E-state index contributed by atoms with van der Waals surface area (Å²) in [6.45, 7) is 2.54. The van der Waals surface area contributed by atoms with Crippen molar-refractivity contribution in [2.24, 2.45) is 5.16 Å². The summed E-state index contributed by atoms with van der Waals surface area (Å²) in [5.41, 5.74) is 0. The van der Waals surface area contributed by atoms with Gasteiger partial charge in [-0.1, -0.05) is 5.16 Å². The molecular weight excluding hydrogens is 240 g/mol. The highest BCUT2D eigenvalue weighted by Crippen LogP contribution is 2.12. The second-order valence-corrected chi connectivity index (χ2v) is 3.42. The fourth-order valence-corrected chi connectivity index (χ4v) is 1.33. The van der Waals surface area contributed by atoms with Crippen molar-refractivity contribution in [3.8, 4) is 0 Å². The van der Waals surface area contributed by atoms with Gasteiger partial charge >= 0.3 is 6.09 Å². The molecule has 74 valence electrons. The van der Waals surface area contributed by atoms with E-state index in [1.54, 1.807) is 6.92 Å².